The van der Waals surface area contributed by atoms with E-state index in [-0.39, 0.29) is 17.0 Å². The Labute approximate surface area is 206 Å². The minimum Gasteiger partial charge on any atom is -0.462 e. The molecule has 2 heterocycles. The summed E-state index contributed by atoms with van der Waals surface area (Å²) in [5.41, 5.74) is 2.11. The molecule has 2 N–H and O–H groups in total. The van der Waals surface area contributed by atoms with Crippen LogP contribution in [0.3, 0.4) is 0 Å². The van der Waals surface area contributed by atoms with E-state index in [1.165, 1.54) is 44.8 Å². The highest BCUT2D eigenvalue weighted by molar-refractivity contribution is 7.80. The van der Waals surface area contributed by atoms with Crippen LogP contribution in [0.2, 0.25) is 0 Å². The smallest absolute Gasteiger partial charge is 0.338 e. The molecular formula is C27H31N3O3S. The van der Waals surface area contributed by atoms with E-state index in [9.17, 15) is 9.59 Å². The topological polar surface area (TPSA) is 70.7 Å². The predicted molar refractivity (Wildman–Crippen MR) is 138 cm³/mol. The van der Waals surface area contributed by atoms with Gasteiger partial charge in [0.25, 0.3) is 0 Å². The van der Waals surface area contributed by atoms with Crippen LogP contribution in [0, 0.1) is 5.92 Å². The third-order valence-corrected chi connectivity index (χ3v) is 6.70. The predicted octanol–water partition coefficient (Wildman–Crippen LogP) is 4.63. The van der Waals surface area contributed by atoms with E-state index in [0.717, 1.165) is 12.0 Å². The molecule has 2 atom stereocenters. The lowest BCUT2D eigenvalue weighted by Crippen LogP contribution is -2.49. The highest BCUT2D eigenvalue weighted by Crippen LogP contribution is 2.31. The van der Waals surface area contributed by atoms with Gasteiger partial charge in [-0.3, -0.25) is 15.0 Å². The van der Waals surface area contributed by atoms with Gasteiger partial charge in [-0.1, -0.05) is 36.8 Å². The summed E-state index contributed by atoms with van der Waals surface area (Å²) in [7, 11) is 0. The Morgan fingerprint density at radius 3 is 2.56 bits per heavy atom. The molecule has 7 heteroatoms. The van der Waals surface area contributed by atoms with Crippen LogP contribution < -0.4 is 10.6 Å². The standard InChI is InChI=1S/C27H31N3O3S/c31-25(16-11-20-7-2-1-3-8-20)29-27(34)28-23-14-12-21(13-15-23)26(32)33-19-22-9-6-18-30-17-5-4-10-24(22)30/h1-3,7-8,11-16,22,24H,4-6,9-10,17-19H2,(H2,28,29,31,34). The summed E-state index contributed by atoms with van der Waals surface area (Å²) >= 11 is 5.22. The summed E-state index contributed by atoms with van der Waals surface area (Å²) in [5.74, 6) is -0.196. The van der Waals surface area contributed by atoms with E-state index in [2.05, 4.69) is 15.5 Å². The maximum absolute atomic E-state index is 12.6. The molecule has 0 spiro atoms. The van der Waals surface area contributed by atoms with Gasteiger partial charge in [0.05, 0.1) is 12.2 Å². The van der Waals surface area contributed by atoms with E-state index in [1.54, 1.807) is 30.3 Å². The second-order valence-electron chi connectivity index (χ2n) is 8.86. The van der Waals surface area contributed by atoms with Crippen molar-refractivity contribution in [1.29, 1.82) is 0 Å². The fourth-order valence-corrected chi connectivity index (χ4v) is 5.00. The number of benzene rings is 2. The number of fused-ring (bicyclic) bond motifs is 1. The van der Waals surface area contributed by atoms with Crippen LogP contribution in [0.1, 0.15) is 48.0 Å². The van der Waals surface area contributed by atoms with Crippen molar-refractivity contribution in [1.82, 2.24) is 10.2 Å². The van der Waals surface area contributed by atoms with Crippen molar-refractivity contribution in [2.24, 2.45) is 5.92 Å². The first kappa shape index (κ1) is 24.1. The molecule has 34 heavy (non-hydrogen) atoms. The SMILES string of the molecule is O=C(C=Cc1ccccc1)NC(=S)Nc1ccc(C(=O)OCC2CCCN3CCCCC23)cc1. The van der Waals surface area contributed by atoms with Crippen molar-refractivity contribution in [3.8, 4) is 0 Å². The van der Waals surface area contributed by atoms with Crippen molar-refractivity contribution < 1.29 is 14.3 Å². The van der Waals surface area contributed by atoms with Crippen molar-refractivity contribution in [3.63, 3.8) is 0 Å². The number of ether oxygens (including phenoxy) is 1. The van der Waals surface area contributed by atoms with Gasteiger partial charge in [0.2, 0.25) is 5.91 Å². The normalized spacial score (nSPS) is 20.4. The van der Waals surface area contributed by atoms with Gasteiger partial charge < -0.3 is 10.1 Å². The van der Waals surface area contributed by atoms with E-state index in [4.69, 9.17) is 17.0 Å². The summed E-state index contributed by atoms with van der Waals surface area (Å²) in [5, 5.41) is 5.76. The van der Waals surface area contributed by atoms with Gasteiger partial charge in [0.15, 0.2) is 5.11 Å². The summed E-state index contributed by atoms with van der Waals surface area (Å²) in [6.45, 7) is 2.83. The number of thiocarbonyl (C=S) groups is 1. The molecule has 0 radical (unpaired) electrons. The molecule has 2 saturated heterocycles. The molecule has 178 valence electrons. The number of carbonyl (C=O) groups is 2. The zero-order valence-electron chi connectivity index (χ0n) is 19.2. The number of hydrogen-bond acceptors (Lipinski definition) is 5. The molecule has 2 aromatic rings. The molecule has 6 nitrogen and oxygen atoms in total. The molecule has 0 aliphatic carbocycles. The Hall–Kier alpha value is -3.03. The Morgan fingerprint density at radius 1 is 1.00 bits per heavy atom. The van der Waals surface area contributed by atoms with Gasteiger partial charge in [-0.25, -0.2) is 4.79 Å². The van der Waals surface area contributed by atoms with Crippen LogP contribution in [0.15, 0.2) is 60.7 Å². The van der Waals surface area contributed by atoms with Gasteiger partial charge in [-0.05, 0) is 86.9 Å². The lowest BCUT2D eigenvalue weighted by Gasteiger charge is -2.44. The summed E-state index contributed by atoms with van der Waals surface area (Å²) in [4.78, 5) is 27.2. The van der Waals surface area contributed by atoms with Crippen LogP contribution in [0.5, 0.6) is 0 Å². The number of rotatable bonds is 6. The number of carbonyl (C=O) groups excluding carboxylic acids is 2. The average molecular weight is 478 g/mol. The third kappa shape index (κ3) is 6.74. The number of hydrogen-bond donors (Lipinski definition) is 2. The zero-order valence-corrected chi connectivity index (χ0v) is 20.1. The van der Waals surface area contributed by atoms with Gasteiger partial charge in [-0.15, -0.1) is 0 Å². The Morgan fingerprint density at radius 2 is 1.76 bits per heavy atom. The van der Waals surface area contributed by atoms with Crippen molar-refractivity contribution in [3.05, 3.63) is 71.8 Å². The number of nitrogens with zero attached hydrogens (tertiary/aromatic N) is 1. The largest absolute Gasteiger partial charge is 0.462 e. The molecule has 0 saturated carbocycles. The fourth-order valence-electron chi connectivity index (χ4n) is 4.78. The fraction of sp³-hybridized carbons (Fsp3) is 0.370. The zero-order chi connectivity index (χ0) is 23.8. The van der Waals surface area contributed by atoms with Crippen LogP contribution in [0.25, 0.3) is 6.08 Å². The van der Waals surface area contributed by atoms with E-state index in [0.29, 0.717) is 29.8 Å². The highest BCUT2D eigenvalue weighted by Gasteiger charge is 2.33. The molecule has 2 aliphatic rings. The lowest BCUT2D eigenvalue weighted by molar-refractivity contribution is -0.115. The van der Waals surface area contributed by atoms with E-state index < -0.39 is 0 Å². The molecule has 1 amide bonds. The molecule has 2 unspecified atom stereocenters. The number of esters is 1. The molecule has 0 bridgehead atoms. The Bertz CT molecular complexity index is 1020. The number of nitrogens with one attached hydrogen (secondary N) is 2. The average Bonchev–Trinajstić information content (AvgIpc) is 2.87. The van der Waals surface area contributed by atoms with Gasteiger partial charge in [-0.2, -0.15) is 0 Å². The molecule has 4 rings (SSSR count). The highest BCUT2D eigenvalue weighted by atomic mass is 32.1. The molecular weight excluding hydrogens is 446 g/mol. The van der Waals surface area contributed by atoms with Gasteiger partial charge in [0.1, 0.15) is 0 Å². The molecule has 2 fully saturated rings. The monoisotopic (exact) mass is 477 g/mol. The first-order valence-corrected chi connectivity index (χ1v) is 12.4. The molecule has 2 aliphatic heterocycles. The third-order valence-electron chi connectivity index (χ3n) is 6.50. The minimum absolute atomic E-state index is 0.187. The molecule has 2 aromatic carbocycles. The maximum atomic E-state index is 12.6. The molecule has 0 aromatic heterocycles. The second-order valence-corrected chi connectivity index (χ2v) is 9.27. The number of anilines is 1. The van der Waals surface area contributed by atoms with Crippen LogP contribution in [-0.2, 0) is 9.53 Å². The van der Waals surface area contributed by atoms with Crippen LogP contribution in [-0.4, -0.2) is 47.6 Å². The van der Waals surface area contributed by atoms with Crippen molar-refractivity contribution in [2.45, 2.75) is 38.1 Å². The van der Waals surface area contributed by atoms with Crippen molar-refractivity contribution >= 4 is 41.0 Å². The number of amides is 1. The minimum atomic E-state index is -0.319. The quantitative estimate of drug-likeness (QED) is 0.359. The number of piperidine rings is 2. The summed E-state index contributed by atoms with van der Waals surface area (Å²) in [6, 6.07) is 17.0. The summed E-state index contributed by atoms with van der Waals surface area (Å²) < 4.78 is 5.68. The van der Waals surface area contributed by atoms with Gasteiger partial charge in [0, 0.05) is 23.7 Å². The Balaban J connectivity index is 1.23. The van der Waals surface area contributed by atoms with Crippen LogP contribution >= 0.6 is 12.2 Å². The Kier molecular flexibility index (Phi) is 8.44. The summed E-state index contributed by atoms with van der Waals surface area (Å²) in [6.07, 6.45) is 9.21. The second kappa shape index (κ2) is 11.9. The maximum Gasteiger partial charge on any atom is 0.338 e. The van der Waals surface area contributed by atoms with E-state index >= 15 is 0 Å². The van der Waals surface area contributed by atoms with Gasteiger partial charge >= 0.3 is 5.97 Å². The first-order chi connectivity index (χ1) is 16.6. The van der Waals surface area contributed by atoms with Crippen LogP contribution in [0.4, 0.5) is 5.69 Å². The van der Waals surface area contributed by atoms with Crippen molar-refractivity contribution in [2.75, 3.05) is 25.0 Å². The lowest BCUT2D eigenvalue weighted by atomic mass is 9.84. The first-order valence-electron chi connectivity index (χ1n) is 11.9. The van der Waals surface area contributed by atoms with E-state index in [1.807, 2.05) is 30.3 Å².